The van der Waals surface area contributed by atoms with Gasteiger partial charge in [-0.25, -0.2) is 8.42 Å². The van der Waals surface area contributed by atoms with Crippen molar-refractivity contribution in [3.8, 4) is 0 Å². The van der Waals surface area contributed by atoms with E-state index >= 15 is 0 Å². The third kappa shape index (κ3) is 7.49. The van der Waals surface area contributed by atoms with E-state index in [1.165, 1.54) is 23.1 Å². The number of hydrogen-bond acceptors (Lipinski definition) is 4. The normalized spacial score (nSPS) is 12.1. The first-order valence-corrected chi connectivity index (χ1v) is 15.4. The molecule has 0 aliphatic heterocycles. The standard InChI is InChI=1S/C29H32Cl3N3O4S/c1-4-17-33-29(37)26(5-2)34(18-22-23(30)10-8-11-24(22)31)28(36)19-35(27-12-7-6-9-25(27)32)40(38,39)21-15-13-20(3)14-16-21/h6-16,26H,4-5,17-19H2,1-3H3,(H,33,37). The number of anilines is 1. The lowest BCUT2D eigenvalue weighted by molar-refractivity contribution is -0.140. The van der Waals surface area contributed by atoms with Gasteiger partial charge in [-0.05, 0) is 56.2 Å². The fraction of sp³-hybridized carbons (Fsp3) is 0.310. The number of halogens is 3. The molecule has 0 saturated heterocycles. The lowest BCUT2D eigenvalue weighted by Crippen LogP contribution is -2.52. The third-order valence-electron chi connectivity index (χ3n) is 6.33. The number of hydrogen-bond donors (Lipinski definition) is 1. The molecule has 1 atom stereocenters. The summed E-state index contributed by atoms with van der Waals surface area (Å²) in [6.45, 7) is 5.26. The number of carbonyl (C=O) groups excluding carboxylic acids is 2. The zero-order chi connectivity index (χ0) is 29.4. The molecule has 0 aliphatic carbocycles. The molecule has 0 aliphatic rings. The minimum atomic E-state index is -4.23. The monoisotopic (exact) mass is 623 g/mol. The molecule has 3 rings (SSSR count). The molecule has 0 radical (unpaired) electrons. The Bertz CT molecular complexity index is 1430. The lowest BCUT2D eigenvalue weighted by Gasteiger charge is -2.33. The van der Waals surface area contributed by atoms with Gasteiger partial charge in [-0.2, -0.15) is 0 Å². The van der Waals surface area contributed by atoms with Crippen LogP contribution in [-0.4, -0.2) is 44.3 Å². The maximum Gasteiger partial charge on any atom is 0.264 e. The van der Waals surface area contributed by atoms with Crippen molar-refractivity contribution in [1.29, 1.82) is 0 Å². The highest BCUT2D eigenvalue weighted by Crippen LogP contribution is 2.32. The average Bonchev–Trinajstić information content (AvgIpc) is 2.92. The number of benzene rings is 3. The van der Waals surface area contributed by atoms with Crippen molar-refractivity contribution in [2.75, 3.05) is 17.4 Å². The van der Waals surface area contributed by atoms with Crippen LogP contribution in [0.2, 0.25) is 15.1 Å². The summed E-state index contributed by atoms with van der Waals surface area (Å²) < 4.78 is 28.8. The average molecular weight is 625 g/mol. The van der Waals surface area contributed by atoms with Crippen molar-refractivity contribution >= 4 is 62.3 Å². The highest BCUT2D eigenvalue weighted by atomic mass is 35.5. The molecule has 0 spiro atoms. The maximum atomic E-state index is 14.1. The summed E-state index contributed by atoms with van der Waals surface area (Å²) in [6.07, 6.45) is 0.988. The summed E-state index contributed by atoms with van der Waals surface area (Å²) in [5.41, 5.74) is 1.47. The quantitative estimate of drug-likeness (QED) is 0.250. The van der Waals surface area contributed by atoms with E-state index in [-0.39, 0.29) is 34.5 Å². The summed E-state index contributed by atoms with van der Waals surface area (Å²) in [6, 6.07) is 16.8. The number of rotatable bonds is 12. The Kier molecular flexibility index (Phi) is 11.3. The zero-order valence-electron chi connectivity index (χ0n) is 22.5. The Morgan fingerprint density at radius 3 is 2.05 bits per heavy atom. The van der Waals surface area contributed by atoms with Crippen molar-refractivity contribution in [2.45, 2.75) is 51.1 Å². The molecule has 0 heterocycles. The number of para-hydroxylation sites is 1. The topological polar surface area (TPSA) is 86.8 Å². The van der Waals surface area contributed by atoms with Gasteiger partial charge in [-0.1, -0.05) is 84.5 Å². The number of amides is 2. The van der Waals surface area contributed by atoms with Crippen LogP contribution in [0.5, 0.6) is 0 Å². The molecule has 40 heavy (non-hydrogen) atoms. The molecule has 0 fully saturated rings. The fourth-order valence-corrected chi connectivity index (χ4v) is 6.38. The van der Waals surface area contributed by atoms with Crippen LogP contribution in [0.25, 0.3) is 0 Å². The summed E-state index contributed by atoms with van der Waals surface area (Å²) in [4.78, 5) is 28.6. The van der Waals surface area contributed by atoms with Gasteiger partial charge in [0.25, 0.3) is 10.0 Å². The van der Waals surface area contributed by atoms with E-state index in [1.807, 2.05) is 13.8 Å². The van der Waals surface area contributed by atoms with Crippen LogP contribution in [0.1, 0.15) is 37.8 Å². The van der Waals surface area contributed by atoms with Gasteiger partial charge in [0.2, 0.25) is 11.8 Å². The minimum absolute atomic E-state index is 0.000696. The molecular formula is C29H32Cl3N3O4S. The predicted octanol–water partition coefficient (Wildman–Crippen LogP) is 6.48. The van der Waals surface area contributed by atoms with E-state index in [0.717, 1.165) is 9.87 Å². The van der Waals surface area contributed by atoms with Gasteiger partial charge in [0.05, 0.1) is 15.6 Å². The van der Waals surface area contributed by atoms with Crippen LogP contribution in [-0.2, 0) is 26.2 Å². The van der Waals surface area contributed by atoms with Gasteiger partial charge < -0.3 is 10.2 Å². The summed E-state index contributed by atoms with van der Waals surface area (Å²) >= 11 is 19.3. The fourth-order valence-electron chi connectivity index (χ4n) is 4.14. The van der Waals surface area contributed by atoms with Crippen molar-refractivity contribution in [3.63, 3.8) is 0 Å². The Balaban J connectivity index is 2.10. The van der Waals surface area contributed by atoms with Gasteiger partial charge in [-0.3, -0.25) is 13.9 Å². The molecular weight excluding hydrogens is 593 g/mol. The molecule has 0 saturated carbocycles. The lowest BCUT2D eigenvalue weighted by atomic mass is 10.1. The molecule has 2 amide bonds. The van der Waals surface area contributed by atoms with Gasteiger partial charge in [-0.15, -0.1) is 0 Å². The predicted molar refractivity (Wildman–Crippen MR) is 162 cm³/mol. The minimum Gasteiger partial charge on any atom is -0.354 e. The second-order valence-electron chi connectivity index (χ2n) is 9.21. The number of nitrogens with one attached hydrogen (secondary N) is 1. The van der Waals surface area contributed by atoms with Gasteiger partial charge in [0.15, 0.2) is 0 Å². The SMILES string of the molecule is CCCNC(=O)C(CC)N(Cc1c(Cl)cccc1Cl)C(=O)CN(c1ccccc1Cl)S(=O)(=O)c1ccc(C)cc1. The van der Waals surface area contributed by atoms with E-state index in [9.17, 15) is 18.0 Å². The van der Waals surface area contributed by atoms with Gasteiger partial charge in [0, 0.05) is 28.7 Å². The van der Waals surface area contributed by atoms with Crippen LogP contribution in [0.4, 0.5) is 5.69 Å². The molecule has 214 valence electrons. The van der Waals surface area contributed by atoms with E-state index in [2.05, 4.69) is 5.32 Å². The molecule has 1 unspecified atom stereocenters. The first kappa shape index (κ1) is 31.7. The second-order valence-corrected chi connectivity index (χ2v) is 12.3. The molecule has 0 bridgehead atoms. The molecule has 3 aromatic rings. The van der Waals surface area contributed by atoms with Crippen LogP contribution in [0, 0.1) is 6.92 Å². The maximum absolute atomic E-state index is 14.1. The Morgan fingerprint density at radius 1 is 0.875 bits per heavy atom. The number of aryl methyl sites for hydroxylation is 1. The van der Waals surface area contributed by atoms with Crippen molar-refractivity contribution in [1.82, 2.24) is 10.2 Å². The number of sulfonamides is 1. The van der Waals surface area contributed by atoms with E-state index < -0.39 is 28.5 Å². The zero-order valence-corrected chi connectivity index (χ0v) is 25.6. The molecule has 1 N–H and O–H groups in total. The second kappa shape index (κ2) is 14.2. The highest BCUT2D eigenvalue weighted by molar-refractivity contribution is 7.92. The largest absolute Gasteiger partial charge is 0.354 e. The third-order valence-corrected chi connectivity index (χ3v) is 9.14. The van der Waals surface area contributed by atoms with Crippen LogP contribution in [0.15, 0.2) is 71.6 Å². The first-order chi connectivity index (χ1) is 19.0. The Hall–Kier alpha value is -2.78. The Morgan fingerprint density at radius 2 is 1.48 bits per heavy atom. The van der Waals surface area contributed by atoms with E-state index in [4.69, 9.17) is 34.8 Å². The number of carbonyl (C=O) groups is 2. The van der Waals surface area contributed by atoms with E-state index in [0.29, 0.717) is 28.6 Å². The summed E-state index contributed by atoms with van der Waals surface area (Å²) in [5.74, 6) is -0.975. The van der Waals surface area contributed by atoms with Crippen molar-refractivity contribution < 1.29 is 18.0 Å². The number of nitrogens with zero attached hydrogens (tertiary/aromatic N) is 2. The van der Waals surface area contributed by atoms with Crippen LogP contribution >= 0.6 is 34.8 Å². The smallest absolute Gasteiger partial charge is 0.264 e. The summed E-state index contributed by atoms with van der Waals surface area (Å²) in [5, 5.41) is 3.64. The van der Waals surface area contributed by atoms with Crippen molar-refractivity contribution in [2.24, 2.45) is 0 Å². The highest BCUT2D eigenvalue weighted by Gasteiger charge is 2.34. The van der Waals surface area contributed by atoms with Crippen molar-refractivity contribution in [3.05, 3.63) is 92.9 Å². The molecule has 11 heteroatoms. The Labute approximate surface area is 251 Å². The first-order valence-electron chi connectivity index (χ1n) is 12.8. The summed E-state index contributed by atoms with van der Waals surface area (Å²) in [7, 11) is -4.23. The van der Waals surface area contributed by atoms with E-state index in [1.54, 1.807) is 55.5 Å². The van der Waals surface area contributed by atoms with Gasteiger partial charge >= 0.3 is 0 Å². The molecule has 7 nitrogen and oxygen atoms in total. The van der Waals surface area contributed by atoms with Crippen LogP contribution < -0.4 is 9.62 Å². The molecule has 3 aromatic carbocycles. The van der Waals surface area contributed by atoms with Crippen LogP contribution in [0.3, 0.4) is 0 Å². The molecule has 0 aromatic heterocycles. The van der Waals surface area contributed by atoms with Gasteiger partial charge in [0.1, 0.15) is 12.6 Å².